The van der Waals surface area contributed by atoms with E-state index in [1.807, 2.05) is 45.0 Å². The number of rotatable bonds is 2. The fourth-order valence-electron chi connectivity index (χ4n) is 1.27. The van der Waals surface area contributed by atoms with E-state index in [0.29, 0.717) is 0 Å². The van der Waals surface area contributed by atoms with Gasteiger partial charge < -0.3 is 4.74 Å². The van der Waals surface area contributed by atoms with Crippen LogP contribution in [0.2, 0.25) is 0 Å². The van der Waals surface area contributed by atoms with Crippen molar-refractivity contribution in [1.82, 2.24) is 0 Å². The Bertz CT molecular complexity index is 381. The lowest BCUT2D eigenvalue weighted by Crippen LogP contribution is -2.34. The SMILES string of the molecule is CN(C(=O)OC(C)(C)C)c1ccc(C[Si])cc1. The first-order chi connectivity index (χ1) is 7.83. The zero-order valence-corrected chi connectivity index (χ0v) is 11.8. The fraction of sp³-hybridized carbons (Fsp3) is 0.462. The van der Waals surface area contributed by atoms with Gasteiger partial charge in [0.2, 0.25) is 0 Å². The van der Waals surface area contributed by atoms with E-state index in [4.69, 9.17) is 4.74 Å². The van der Waals surface area contributed by atoms with Crippen molar-refractivity contribution in [3.8, 4) is 0 Å². The van der Waals surface area contributed by atoms with Crippen LogP contribution in [-0.2, 0) is 10.8 Å². The van der Waals surface area contributed by atoms with Crippen LogP contribution >= 0.6 is 0 Å². The molecule has 0 fully saturated rings. The first-order valence-corrected chi connectivity index (χ1v) is 6.24. The molecule has 0 bridgehead atoms. The Kier molecular flexibility index (Phi) is 4.34. The minimum atomic E-state index is -0.471. The number of hydrogen-bond acceptors (Lipinski definition) is 2. The molecule has 17 heavy (non-hydrogen) atoms. The predicted molar refractivity (Wildman–Crippen MR) is 70.5 cm³/mol. The molecule has 1 rings (SSSR count). The van der Waals surface area contributed by atoms with Crippen molar-refractivity contribution < 1.29 is 9.53 Å². The molecule has 0 aromatic heterocycles. The molecular weight excluding hydrogens is 230 g/mol. The van der Waals surface area contributed by atoms with Crippen LogP contribution in [0.3, 0.4) is 0 Å². The predicted octanol–water partition coefficient (Wildman–Crippen LogP) is 2.73. The van der Waals surface area contributed by atoms with Crippen LogP contribution < -0.4 is 4.90 Å². The molecular formula is C13H18NO2Si. The summed E-state index contributed by atoms with van der Waals surface area (Å²) in [6, 6.07) is 8.56. The van der Waals surface area contributed by atoms with Crippen LogP contribution in [0.5, 0.6) is 0 Å². The topological polar surface area (TPSA) is 29.5 Å². The monoisotopic (exact) mass is 248 g/mol. The highest BCUT2D eigenvalue weighted by atomic mass is 28.1. The summed E-state index contributed by atoms with van der Waals surface area (Å²) in [5.41, 5.74) is 1.52. The standard InChI is InChI=1S/C13H18NO2Si/c1-13(2,3)16-12(15)14(4)11-7-5-10(9-17)6-8-11/h5-8H,9H2,1-4H3. The molecule has 91 valence electrons. The number of nitrogens with zero attached hydrogens (tertiary/aromatic N) is 1. The van der Waals surface area contributed by atoms with Crippen LogP contribution in [0.1, 0.15) is 26.3 Å². The molecule has 0 spiro atoms. The third-order valence-electron chi connectivity index (χ3n) is 2.20. The van der Waals surface area contributed by atoms with Gasteiger partial charge in [-0.25, -0.2) is 4.79 Å². The second kappa shape index (κ2) is 5.36. The summed E-state index contributed by atoms with van der Waals surface area (Å²) in [4.78, 5) is 13.3. The summed E-state index contributed by atoms with van der Waals surface area (Å²) in [6.45, 7) is 5.56. The third kappa shape index (κ3) is 4.23. The maximum atomic E-state index is 11.8. The first kappa shape index (κ1) is 13.8. The van der Waals surface area contributed by atoms with Crippen LogP contribution in [0.15, 0.2) is 24.3 Å². The minimum Gasteiger partial charge on any atom is -0.443 e. The number of anilines is 1. The maximum absolute atomic E-state index is 11.8. The van der Waals surface area contributed by atoms with Crippen molar-refractivity contribution in [3.63, 3.8) is 0 Å². The molecule has 0 saturated heterocycles. The van der Waals surface area contributed by atoms with Gasteiger partial charge in [-0.05, 0) is 38.9 Å². The van der Waals surface area contributed by atoms with Gasteiger partial charge >= 0.3 is 6.09 Å². The number of amides is 1. The molecule has 4 heteroatoms. The van der Waals surface area contributed by atoms with E-state index < -0.39 is 5.60 Å². The van der Waals surface area contributed by atoms with Gasteiger partial charge in [-0.3, -0.25) is 4.90 Å². The van der Waals surface area contributed by atoms with E-state index in [1.165, 1.54) is 10.5 Å². The van der Waals surface area contributed by atoms with Gasteiger partial charge in [-0.2, -0.15) is 0 Å². The van der Waals surface area contributed by atoms with Crippen LogP contribution in [0.4, 0.5) is 10.5 Å². The average Bonchev–Trinajstić information content (AvgIpc) is 2.26. The maximum Gasteiger partial charge on any atom is 0.414 e. The van der Waals surface area contributed by atoms with Gasteiger partial charge in [0.15, 0.2) is 0 Å². The van der Waals surface area contributed by atoms with Gasteiger partial charge in [0, 0.05) is 23.0 Å². The van der Waals surface area contributed by atoms with E-state index in [9.17, 15) is 4.79 Å². The molecule has 1 aromatic carbocycles. The lowest BCUT2D eigenvalue weighted by Gasteiger charge is -2.24. The highest BCUT2D eigenvalue weighted by molar-refractivity contribution is 6.08. The van der Waals surface area contributed by atoms with Gasteiger partial charge in [0.1, 0.15) is 5.60 Å². The van der Waals surface area contributed by atoms with Crippen molar-refractivity contribution in [2.45, 2.75) is 32.4 Å². The molecule has 1 amide bonds. The molecule has 0 aliphatic heterocycles. The van der Waals surface area contributed by atoms with Gasteiger partial charge in [0.05, 0.1) is 0 Å². The second-order valence-electron chi connectivity index (χ2n) is 4.88. The zero-order chi connectivity index (χ0) is 13.1. The molecule has 0 aliphatic rings. The lowest BCUT2D eigenvalue weighted by molar-refractivity contribution is 0.0589. The van der Waals surface area contributed by atoms with Gasteiger partial charge in [-0.15, -0.1) is 0 Å². The smallest absolute Gasteiger partial charge is 0.414 e. The Balaban J connectivity index is 2.74. The average molecular weight is 248 g/mol. The molecule has 0 aliphatic carbocycles. The summed E-state index contributed by atoms with van der Waals surface area (Å²) in [5.74, 6) is 0. The summed E-state index contributed by atoms with van der Waals surface area (Å²) in [7, 11) is 5.14. The number of carbonyl (C=O) groups excluding carboxylic acids is 1. The molecule has 0 heterocycles. The van der Waals surface area contributed by atoms with Crippen molar-refractivity contribution >= 4 is 22.0 Å². The molecule has 1 aromatic rings. The van der Waals surface area contributed by atoms with Crippen molar-refractivity contribution in [2.24, 2.45) is 0 Å². The largest absolute Gasteiger partial charge is 0.443 e. The van der Waals surface area contributed by atoms with E-state index in [-0.39, 0.29) is 6.09 Å². The Morgan fingerprint density at radius 3 is 2.24 bits per heavy atom. The number of hydrogen-bond donors (Lipinski definition) is 0. The summed E-state index contributed by atoms with van der Waals surface area (Å²) < 4.78 is 5.29. The lowest BCUT2D eigenvalue weighted by atomic mass is 10.2. The molecule has 3 nitrogen and oxygen atoms in total. The summed E-state index contributed by atoms with van der Waals surface area (Å²) in [5, 5.41) is 0. The third-order valence-corrected chi connectivity index (χ3v) is 2.60. The number of carbonyl (C=O) groups is 1. The molecule has 3 radical (unpaired) electrons. The Morgan fingerprint density at radius 1 is 1.29 bits per heavy atom. The van der Waals surface area contributed by atoms with Crippen LogP contribution in [0, 0.1) is 0 Å². The van der Waals surface area contributed by atoms with E-state index in [0.717, 1.165) is 11.7 Å². The highest BCUT2D eigenvalue weighted by Gasteiger charge is 2.20. The van der Waals surface area contributed by atoms with Crippen molar-refractivity contribution in [3.05, 3.63) is 29.8 Å². The van der Waals surface area contributed by atoms with Gasteiger partial charge in [0.25, 0.3) is 0 Å². The van der Waals surface area contributed by atoms with E-state index in [1.54, 1.807) is 7.05 Å². The number of benzene rings is 1. The summed E-state index contributed by atoms with van der Waals surface area (Å²) in [6.07, 6.45) is -0.344. The normalized spacial score (nSPS) is 11.1. The Hall–Kier alpha value is -1.29. The molecule has 0 saturated carbocycles. The second-order valence-corrected chi connectivity index (χ2v) is 5.24. The minimum absolute atomic E-state index is 0.344. The Labute approximate surface area is 106 Å². The quantitative estimate of drug-likeness (QED) is 0.753. The zero-order valence-electron chi connectivity index (χ0n) is 10.8. The van der Waals surface area contributed by atoms with Crippen LogP contribution in [0.25, 0.3) is 0 Å². The molecule has 0 unspecified atom stereocenters. The van der Waals surface area contributed by atoms with E-state index >= 15 is 0 Å². The molecule has 0 N–H and O–H groups in total. The number of ether oxygens (including phenoxy) is 1. The van der Waals surface area contributed by atoms with Crippen molar-refractivity contribution in [2.75, 3.05) is 11.9 Å². The molecule has 0 atom stereocenters. The fourth-order valence-corrected chi connectivity index (χ4v) is 1.51. The Morgan fingerprint density at radius 2 is 1.82 bits per heavy atom. The van der Waals surface area contributed by atoms with Crippen molar-refractivity contribution in [1.29, 1.82) is 0 Å². The first-order valence-electron chi connectivity index (χ1n) is 5.54. The van der Waals surface area contributed by atoms with Crippen LogP contribution in [-0.4, -0.2) is 29.0 Å². The summed E-state index contributed by atoms with van der Waals surface area (Å²) >= 11 is 0. The van der Waals surface area contributed by atoms with E-state index in [2.05, 4.69) is 10.2 Å². The van der Waals surface area contributed by atoms with Gasteiger partial charge in [-0.1, -0.05) is 17.7 Å². The highest BCUT2D eigenvalue weighted by Crippen LogP contribution is 2.17.